The molecule has 0 aromatic rings. The van der Waals surface area contributed by atoms with Gasteiger partial charge in [0.25, 0.3) is 0 Å². The summed E-state index contributed by atoms with van der Waals surface area (Å²) in [5.41, 5.74) is 0.273. The average molecular weight is 236 g/mol. The second-order valence-corrected chi connectivity index (χ2v) is 6.73. The molecule has 1 saturated heterocycles. The number of amides is 1. The smallest absolute Gasteiger partial charge is 0.223 e. The van der Waals surface area contributed by atoms with Crippen molar-refractivity contribution in [3.05, 3.63) is 0 Å². The molecule has 2 saturated carbocycles. The second kappa shape index (κ2) is 4.27. The molecule has 3 atom stereocenters. The topological polar surface area (TPSA) is 41.1 Å². The van der Waals surface area contributed by atoms with Crippen molar-refractivity contribution in [2.24, 2.45) is 23.2 Å². The van der Waals surface area contributed by atoms with E-state index in [4.69, 9.17) is 0 Å². The van der Waals surface area contributed by atoms with Crippen LogP contribution in [-0.4, -0.2) is 25.5 Å². The van der Waals surface area contributed by atoms with Crippen LogP contribution in [0.25, 0.3) is 0 Å². The maximum Gasteiger partial charge on any atom is 0.223 e. The summed E-state index contributed by atoms with van der Waals surface area (Å²) in [6.07, 6.45) is 6.18. The maximum atomic E-state index is 12.1. The van der Waals surface area contributed by atoms with E-state index in [1.54, 1.807) is 0 Å². The number of nitrogens with one attached hydrogen (secondary N) is 2. The number of hydrogen-bond donors (Lipinski definition) is 2. The predicted octanol–water partition coefficient (Wildman–Crippen LogP) is 1.54. The maximum absolute atomic E-state index is 12.1. The Kier molecular flexibility index (Phi) is 2.89. The van der Waals surface area contributed by atoms with E-state index in [9.17, 15) is 4.79 Å². The van der Waals surface area contributed by atoms with Gasteiger partial charge in [0.15, 0.2) is 0 Å². The van der Waals surface area contributed by atoms with Gasteiger partial charge in [-0.05, 0) is 55.9 Å². The molecular formula is C14H24N2O. The Bertz CT molecular complexity index is 299. The molecule has 3 aliphatic rings. The van der Waals surface area contributed by atoms with Crippen LogP contribution in [0.5, 0.6) is 0 Å². The Labute approximate surface area is 104 Å². The van der Waals surface area contributed by atoms with E-state index >= 15 is 0 Å². The Morgan fingerprint density at radius 1 is 1.35 bits per heavy atom. The van der Waals surface area contributed by atoms with Crippen LogP contribution < -0.4 is 10.6 Å². The van der Waals surface area contributed by atoms with Crippen LogP contribution in [0.15, 0.2) is 0 Å². The highest BCUT2D eigenvalue weighted by molar-refractivity contribution is 5.79. The molecule has 3 unspecified atom stereocenters. The summed E-state index contributed by atoms with van der Waals surface area (Å²) in [4.78, 5) is 12.1. The zero-order valence-electron chi connectivity index (χ0n) is 10.8. The number of carbonyl (C=O) groups is 1. The summed E-state index contributed by atoms with van der Waals surface area (Å²) in [5.74, 6) is 2.46. The van der Waals surface area contributed by atoms with Crippen molar-refractivity contribution in [3.8, 4) is 0 Å². The van der Waals surface area contributed by atoms with Gasteiger partial charge in [-0.2, -0.15) is 0 Å². The van der Waals surface area contributed by atoms with Gasteiger partial charge in [0.1, 0.15) is 0 Å². The zero-order chi connectivity index (χ0) is 11.9. The SMILES string of the molecule is CC1(CNC(=O)C2CC3CC3C2)CCCNC1. The van der Waals surface area contributed by atoms with Crippen molar-refractivity contribution < 1.29 is 4.79 Å². The minimum Gasteiger partial charge on any atom is -0.355 e. The molecule has 2 aliphatic carbocycles. The normalized spacial score (nSPS) is 44.2. The lowest BCUT2D eigenvalue weighted by molar-refractivity contribution is -0.125. The van der Waals surface area contributed by atoms with Crippen LogP contribution in [0.3, 0.4) is 0 Å². The van der Waals surface area contributed by atoms with E-state index in [-0.39, 0.29) is 5.41 Å². The molecule has 96 valence electrons. The van der Waals surface area contributed by atoms with Crippen LogP contribution >= 0.6 is 0 Å². The van der Waals surface area contributed by atoms with Crippen molar-refractivity contribution in [1.29, 1.82) is 0 Å². The Hall–Kier alpha value is -0.570. The quantitative estimate of drug-likeness (QED) is 0.780. The van der Waals surface area contributed by atoms with Crippen molar-refractivity contribution in [2.45, 2.75) is 39.0 Å². The highest BCUT2D eigenvalue weighted by Gasteiger charge is 2.48. The van der Waals surface area contributed by atoms with Gasteiger partial charge in [0.05, 0.1) is 0 Å². The summed E-state index contributed by atoms with van der Waals surface area (Å²) in [6, 6.07) is 0. The molecule has 0 radical (unpaired) electrons. The highest BCUT2D eigenvalue weighted by Crippen LogP contribution is 2.54. The van der Waals surface area contributed by atoms with Gasteiger partial charge in [0.2, 0.25) is 5.91 Å². The number of fused-ring (bicyclic) bond motifs is 1. The summed E-state index contributed by atoms with van der Waals surface area (Å²) < 4.78 is 0. The number of hydrogen-bond acceptors (Lipinski definition) is 2. The number of piperidine rings is 1. The first kappa shape index (κ1) is 11.5. The second-order valence-electron chi connectivity index (χ2n) is 6.73. The molecule has 3 fully saturated rings. The van der Waals surface area contributed by atoms with Crippen molar-refractivity contribution >= 4 is 5.91 Å². The van der Waals surface area contributed by atoms with Crippen molar-refractivity contribution in [2.75, 3.05) is 19.6 Å². The van der Waals surface area contributed by atoms with Crippen molar-refractivity contribution in [3.63, 3.8) is 0 Å². The average Bonchev–Trinajstić information content (AvgIpc) is 2.94. The Morgan fingerprint density at radius 2 is 2.12 bits per heavy atom. The fourth-order valence-electron chi connectivity index (χ4n) is 3.64. The number of rotatable bonds is 3. The van der Waals surface area contributed by atoms with E-state index < -0.39 is 0 Å². The molecule has 17 heavy (non-hydrogen) atoms. The highest BCUT2D eigenvalue weighted by atomic mass is 16.1. The monoisotopic (exact) mass is 236 g/mol. The predicted molar refractivity (Wildman–Crippen MR) is 67.5 cm³/mol. The first-order chi connectivity index (χ1) is 8.16. The summed E-state index contributed by atoms with van der Waals surface area (Å²) >= 11 is 0. The Balaban J connectivity index is 1.45. The molecule has 3 rings (SSSR count). The lowest BCUT2D eigenvalue weighted by atomic mass is 9.82. The van der Waals surface area contributed by atoms with Gasteiger partial charge < -0.3 is 10.6 Å². The van der Waals surface area contributed by atoms with E-state index in [2.05, 4.69) is 17.6 Å². The summed E-state index contributed by atoms with van der Waals surface area (Å²) in [5, 5.41) is 6.63. The van der Waals surface area contributed by atoms with E-state index in [0.29, 0.717) is 11.8 Å². The van der Waals surface area contributed by atoms with Crippen LogP contribution in [0.2, 0.25) is 0 Å². The molecule has 0 aromatic heterocycles. The van der Waals surface area contributed by atoms with Gasteiger partial charge >= 0.3 is 0 Å². The minimum absolute atomic E-state index is 0.273. The molecular weight excluding hydrogens is 212 g/mol. The third-order valence-corrected chi connectivity index (χ3v) is 4.99. The first-order valence-electron chi connectivity index (χ1n) is 7.15. The van der Waals surface area contributed by atoms with E-state index in [0.717, 1.165) is 44.3 Å². The summed E-state index contributed by atoms with van der Waals surface area (Å²) in [7, 11) is 0. The van der Waals surface area contributed by atoms with Crippen LogP contribution in [0.1, 0.15) is 39.0 Å². The standard InChI is InChI=1S/C14H24N2O/c1-14(3-2-4-15-8-14)9-16-13(17)12-6-10-5-11(10)7-12/h10-12,15H,2-9H2,1H3,(H,16,17). The third kappa shape index (κ3) is 2.49. The molecule has 3 nitrogen and oxygen atoms in total. The lowest BCUT2D eigenvalue weighted by Gasteiger charge is -2.34. The van der Waals surface area contributed by atoms with Gasteiger partial charge in [-0.3, -0.25) is 4.79 Å². The van der Waals surface area contributed by atoms with Crippen LogP contribution in [0, 0.1) is 23.2 Å². The molecule has 1 amide bonds. The molecule has 3 heteroatoms. The van der Waals surface area contributed by atoms with Gasteiger partial charge in [-0.25, -0.2) is 0 Å². The Morgan fingerprint density at radius 3 is 2.76 bits per heavy atom. The van der Waals surface area contributed by atoms with Gasteiger partial charge in [-0.15, -0.1) is 0 Å². The molecule has 1 heterocycles. The number of carbonyl (C=O) groups excluding carboxylic acids is 1. The third-order valence-electron chi connectivity index (χ3n) is 4.99. The van der Waals surface area contributed by atoms with Gasteiger partial charge in [0, 0.05) is 19.0 Å². The minimum atomic E-state index is 0.273. The van der Waals surface area contributed by atoms with Crippen molar-refractivity contribution in [1.82, 2.24) is 10.6 Å². The summed E-state index contributed by atoms with van der Waals surface area (Å²) in [6.45, 7) is 5.31. The molecule has 0 spiro atoms. The molecule has 0 aromatic carbocycles. The van der Waals surface area contributed by atoms with Crippen LogP contribution in [-0.2, 0) is 4.79 Å². The molecule has 0 bridgehead atoms. The largest absolute Gasteiger partial charge is 0.355 e. The van der Waals surface area contributed by atoms with E-state index in [1.807, 2.05) is 0 Å². The first-order valence-corrected chi connectivity index (χ1v) is 7.15. The molecule has 2 N–H and O–H groups in total. The fraction of sp³-hybridized carbons (Fsp3) is 0.929. The molecule has 1 aliphatic heterocycles. The fourth-order valence-corrected chi connectivity index (χ4v) is 3.64. The van der Waals surface area contributed by atoms with Crippen LogP contribution in [0.4, 0.5) is 0 Å². The van der Waals surface area contributed by atoms with E-state index in [1.165, 1.54) is 19.3 Å². The lowest BCUT2D eigenvalue weighted by Crippen LogP contribution is -2.46. The zero-order valence-corrected chi connectivity index (χ0v) is 10.8. The van der Waals surface area contributed by atoms with Gasteiger partial charge in [-0.1, -0.05) is 6.92 Å².